The van der Waals surface area contributed by atoms with Crippen LogP contribution >= 0.6 is 0 Å². The first-order valence-electron chi connectivity index (χ1n) is 15.9. The van der Waals surface area contributed by atoms with E-state index < -0.39 is 17.6 Å². The summed E-state index contributed by atoms with van der Waals surface area (Å²) in [5.41, 5.74) is 0.605. The average molecular weight is 643 g/mol. The molecule has 248 valence electrons. The van der Waals surface area contributed by atoms with E-state index in [1.165, 1.54) is 25.3 Å². The highest BCUT2D eigenvalue weighted by Gasteiger charge is 2.39. The second kappa shape index (κ2) is 14.3. The van der Waals surface area contributed by atoms with Crippen LogP contribution in [0, 0.1) is 17.6 Å². The summed E-state index contributed by atoms with van der Waals surface area (Å²) in [6.45, 7) is 3.95. The largest absolute Gasteiger partial charge is 0.495 e. The van der Waals surface area contributed by atoms with Crippen LogP contribution in [0.3, 0.4) is 0 Å². The highest BCUT2D eigenvalue weighted by atomic mass is 19.1. The Morgan fingerprint density at radius 3 is 2.54 bits per heavy atom. The number of methoxy groups -OCH3 is 1. The van der Waals surface area contributed by atoms with E-state index in [9.17, 15) is 19.1 Å². The molecule has 1 amide bonds. The monoisotopic (exact) mass is 642 g/mol. The molecule has 1 saturated carbocycles. The number of rotatable bonds is 11. The third-order valence-electron chi connectivity index (χ3n) is 9.35. The number of carboxylic acid groups (broad SMARTS) is 1. The maximum atomic E-state index is 15.8. The molecule has 0 radical (unpaired) electrons. The molecule has 0 spiro atoms. The number of aliphatic carboxylic acids is 1. The lowest BCUT2D eigenvalue weighted by Gasteiger charge is -2.36. The number of carboxylic acids is 1. The molecule has 3 aromatic rings. The van der Waals surface area contributed by atoms with Crippen molar-refractivity contribution in [3.63, 3.8) is 0 Å². The first kappa shape index (κ1) is 32.1. The number of hydrogen-bond acceptors (Lipinski definition) is 9. The van der Waals surface area contributed by atoms with Gasteiger partial charge in [-0.1, -0.05) is 6.07 Å². The lowest BCUT2D eigenvalue weighted by atomic mass is 9.87. The van der Waals surface area contributed by atoms with Gasteiger partial charge in [-0.3, -0.25) is 14.5 Å². The van der Waals surface area contributed by atoms with Crippen LogP contribution in [0.1, 0.15) is 44.1 Å². The van der Waals surface area contributed by atoms with Crippen molar-refractivity contribution >= 4 is 34.7 Å². The van der Waals surface area contributed by atoms with Gasteiger partial charge in [-0.2, -0.15) is 4.98 Å². The third kappa shape index (κ3) is 7.26. The summed E-state index contributed by atoms with van der Waals surface area (Å²) >= 11 is 0. The number of nitrogens with zero attached hydrogens (tertiary/aromatic N) is 3. The zero-order chi connectivity index (χ0) is 32.2. The Bertz CT molecular complexity index is 1540. The van der Waals surface area contributed by atoms with Gasteiger partial charge in [0.2, 0.25) is 5.91 Å². The summed E-state index contributed by atoms with van der Waals surface area (Å²) in [6, 6.07) is 6.83. The van der Waals surface area contributed by atoms with E-state index in [2.05, 4.69) is 15.2 Å². The molecule has 2 aromatic carbocycles. The number of halogens is 2. The molecule has 3 heterocycles. The van der Waals surface area contributed by atoms with Gasteiger partial charge in [-0.15, -0.1) is 0 Å². The number of hydrogen-bond donors (Lipinski definition) is 2. The van der Waals surface area contributed by atoms with E-state index in [1.54, 1.807) is 12.1 Å². The van der Waals surface area contributed by atoms with Crippen LogP contribution in [-0.2, 0) is 25.5 Å². The fraction of sp³-hybridized carbons (Fsp3) is 0.545. The number of carbonyl (C=O) groups excluding carboxylic acids is 1. The van der Waals surface area contributed by atoms with Crippen molar-refractivity contribution in [1.82, 2.24) is 14.8 Å². The number of amides is 1. The van der Waals surface area contributed by atoms with Crippen LogP contribution in [0.5, 0.6) is 5.75 Å². The summed E-state index contributed by atoms with van der Waals surface area (Å²) in [5, 5.41) is 12.2. The molecule has 11 nitrogen and oxygen atoms in total. The molecule has 3 aliphatic rings. The summed E-state index contributed by atoms with van der Waals surface area (Å²) < 4.78 is 52.4. The number of aromatic nitrogens is 1. The average Bonchev–Trinajstić information content (AvgIpc) is 3.66. The molecule has 0 unspecified atom stereocenters. The van der Waals surface area contributed by atoms with Crippen LogP contribution in [0.15, 0.2) is 34.7 Å². The Kier molecular flexibility index (Phi) is 10.00. The van der Waals surface area contributed by atoms with E-state index in [0.29, 0.717) is 57.8 Å². The normalized spacial score (nSPS) is 23.9. The number of oxazole rings is 1. The Morgan fingerprint density at radius 2 is 1.80 bits per heavy atom. The van der Waals surface area contributed by atoms with Crippen LogP contribution < -0.4 is 10.1 Å². The lowest BCUT2D eigenvalue weighted by molar-refractivity contribution is -0.144. The van der Waals surface area contributed by atoms with Gasteiger partial charge in [-0.05, 0) is 56.7 Å². The van der Waals surface area contributed by atoms with Crippen molar-refractivity contribution in [1.29, 1.82) is 0 Å². The molecule has 2 saturated heterocycles. The van der Waals surface area contributed by atoms with Crippen molar-refractivity contribution in [2.24, 2.45) is 5.92 Å². The van der Waals surface area contributed by atoms with Gasteiger partial charge in [0.1, 0.15) is 17.1 Å². The van der Waals surface area contributed by atoms with Gasteiger partial charge < -0.3 is 34.0 Å². The topological polar surface area (TPSA) is 127 Å². The Balaban J connectivity index is 1.16. The fourth-order valence-corrected chi connectivity index (χ4v) is 6.85. The Hall–Kier alpha value is -3.81. The van der Waals surface area contributed by atoms with Crippen molar-refractivity contribution in [3.05, 3.63) is 47.5 Å². The lowest BCUT2D eigenvalue weighted by Crippen LogP contribution is -2.50. The number of anilines is 2. The van der Waals surface area contributed by atoms with E-state index in [1.807, 2.05) is 4.90 Å². The molecule has 2 aliphatic heterocycles. The summed E-state index contributed by atoms with van der Waals surface area (Å²) in [5.74, 6) is -2.08. The molecule has 3 fully saturated rings. The molecular formula is C33H40F2N4O7. The van der Waals surface area contributed by atoms with Gasteiger partial charge in [-0.25, -0.2) is 8.78 Å². The van der Waals surface area contributed by atoms with Crippen molar-refractivity contribution < 1.29 is 42.1 Å². The Labute approximate surface area is 265 Å². The van der Waals surface area contributed by atoms with Crippen LogP contribution in [0.2, 0.25) is 0 Å². The molecule has 1 aromatic heterocycles. The van der Waals surface area contributed by atoms with Crippen LogP contribution in [-0.4, -0.2) is 96.5 Å². The Morgan fingerprint density at radius 1 is 1.04 bits per heavy atom. The minimum atomic E-state index is -0.757. The van der Waals surface area contributed by atoms with Gasteiger partial charge >= 0.3 is 5.97 Å². The van der Waals surface area contributed by atoms with E-state index in [-0.39, 0.29) is 64.8 Å². The van der Waals surface area contributed by atoms with Crippen molar-refractivity contribution in [2.45, 2.75) is 63.1 Å². The van der Waals surface area contributed by atoms with Gasteiger partial charge in [0.15, 0.2) is 11.4 Å². The maximum Gasteiger partial charge on any atom is 0.306 e. The molecule has 2 N–H and O–H groups in total. The van der Waals surface area contributed by atoms with Crippen molar-refractivity contribution in [3.8, 4) is 5.75 Å². The molecule has 1 aliphatic carbocycles. The van der Waals surface area contributed by atoms with Crippen LogP contribution in [0.4, 0.5) is 20.5 Å². The van der Waals surface area contributed by atoms with Gasteiger partial charge in [0, 0.05) is 37.3 Å². The molecular weight excluding hydrogens is 602 g/mol. The molecule has 6 rings (SSSR count). The highest BCUT2D eigenvalue weighted by molar-refractivity contribution is 5.83. The zero-order valence-corrected chi connectivity index (χ0v) is 25.9. The first-order valence-corrected chi connectivity index (χ1v) is 15.9. The van der Waals surface area contributed by atoms with Crippen molar-refractivity contribution in [2.75, 3.05) is 51.9 Å². The smallest absolute Gasteiger partial charge is 0.306 e. The summed E-state index contributed by atoms with van der Waals surface area (Å²) in [7, 11) is 1.45. The van der Waals surface area contributed by atoms with E-state index in [0.717, 1.165) is 25.9 Å². The van der Waals surface area contributed by atoms with Gasteiger partial charge in [0.25, 0.3) is 6.01 Å². The zero-order valence-electron chi connectivity index (χ0n) is 25.9. The predicted octanol–water partition coefficient (Wildman–Crippen LogP) is 4.75. The quantitative estimate of drug-likeness (QED) is 0.303. The van der Waals surface area contributed by atoms with E-state index in [4.69, 9.17) is 18.6 Å². The molecule has 46 heavy (non-hydrogen) atoms. The third-order valence-corrected chi connectivity index (χ3v) is 9.35. The first-order chi connectivity index (χ1) is 22.3. The number of fused-ring (bicyclic) bond motifs is 1. The standard InChI is InChI=1S/C33H40F2N4O7/c1-43-28-11-5-22(34)17-27(28)37-33-36-26-10-4-21(30(35)31(26)46-33)16-29(40)39-23(18-38-12-14-44-15-13-38)6-7-24(39)19-45-25-8-2-20(3-9-25)32(41)42/h4-5,10-11,17,20,23-25H,2-3,6-9,12-16,18-19H2,1H3,(H,36,37)(H,41,42)/t20?,23-,24-,25?/m0/s1. The number of ether oxygens (including phenoxy) is 3. The summed E-state index contributed by atoms with van der Waals surface area (Å²) in [4.78, 5) is 33.8. The minimum absolute atomic E-state index is 0.0349. The maximum absolute atomic E-state index is 15.8. The molecule has 13 heteroatoms. The number of carbonyl (C=O) groups is 2. The second-order valence-corrected chi connectivity index (χ2v) is 12.3. The molecule has 0 bridgehead atoms. The predicted molar refractivity (Wildman–Crippen MR) is 164 cm³/mol. The summed E-state index contributed by atoms with van der Waals surface area (Å²) in [6.07, 6.45) is 3.92. The van der Waals surface area contributed by atoms with Crippen LogP contribution in [0.25, 0.3) is 11.1 Å². The van der Waals surface area contributed by atoms with Gasteiger partial charge in [0.05, 0.1) is 57.1 Å². The number of nitrogens with one attached hydrogen (secondary N) is 1. The SMILES string of the molecule is COc1ccc(F)cc1Nc1nc2ccc(CC(=O)N3[C@H](COC4CCC(C(=O)O)CC4)CC[C@H]3CN3CCOCC3)c(F)c2o1. The van der Waals surface area contributed by atoms with E-state index >= 15 is 4.39 Å². The highest BCUT2D eigenvalue weighted by Crippen LogP contribution is 2.33. The number of morpholine rings is 1. The molecule has 2 atom stereocenters. The fourth-order valence-electron chi connectivity index (χ4n) is 6.85. The number of benzene rings is 2. The minimum Gasteiger partial charge on any atom is -0.495 e. The number of likely N-dealkylation sites (tertiary alicyclic amines) is 1. The second-order valence-electron chi connectivity index (χ2n) is 12.3.